The second-order valence-corrected chi connectivity index (χ2v) is 5.62. The third kappa shape index (κ3) is 3.51. The SMILES string of the molecule is CCNCC1CCN(c2cc(C)ccc2C(N)=O)CC1. The van der Waals surface area contributed by atoms with Crippen molar-refractivity contribution in [1.29, 1.82) is 0 Å². The Labute approximate surface area is 121 Å². The molecule has 1 amide bonds. The fourth-order valence-corrected chi connectivity index (χ4v) is 2.84. The Morgan fingerprint density at radius 2 is 2.10 bits per heavy atom. The highest BCUT2D eigenvalue weighted by Crippen LogP contribution is 2.27. The molecule has 110 valence electrons. The minimum absolute atomic E-state index is 0.338. The molecule has 0 saturated carbocycles. The van der Waals surface area contributed by atoms with Gasteiger partial charge in [0.15, 0.2) is 0 Å². The number of amides is 1. The summed E-state index contributed by atoms with van der Waals surface area (Å²) in [7, 11) is 0. The van der Waals surface area contributed by atoms with E-state index < -0.39 is 0 Å². The third-order valence-electron chi connectivity index (χ3n) is 4.06. The van der Waals surface area contributed by atoms with Crippen molar-refractivity contribution in [3.8, 4) is 0 Å². The molecule has 1 fully saturated rings. The lowest BCUT2D eigenvalue weighted by atomic mass is 9.95. The summed E-state index contributed by atoms with van der Waals surface area (Å²) >= 11 is 0. The van der Waals surface area contributed by atoms with Gasteiger partial charge in [-0.15, -0.1) is 0 Å². The van der Waals surface area contributed by atoms with Crippen LogP contribution in [-0.4, -0.2) is 32.1 Å². The van der Waals surface area contributed by atoms with Crippen LogP contribution in [0.1, 0.15) is 35.7 Å². The van der Waals surface area contributed by atoms with Crippen LogP contribution in [0, 0.1) is 12.8 Å². The standard InChI is InChI=1S/C16H25N3O/c1-3-18-11-13-6-8-19(9-7-13)15-10-12(2)4-5-14(15)16(17)20/h4-5,10,13,18H,3,6-9,11H2,1-2H3,(H2,17,20). The van der Waals surface area contributed by atoms with Crippen LogP contribution in [0.3, 0.4) is 0 Å². The van der Waals surface area contributed by atoms with E-state index in [0.717, 1.165) is 37.8 Å². The number of rotatable bonds is 5. The number of hydrogen-bond acceptors (Lipinski definition) is 3. The predicted molar refractivity (Wildman–Crippen MR) is 83.2 cm³/mol. The summed E-state index contributed by atoms with van der Waals surface area (Å²) in [5.74, 6) is 0.405. The van der Waals surface area contributed by atoms with E-state index in [4.69, 9.17) is 5.73 Å². The van der Waals surface area contributed by atoms with Gasteiger partial charge in [-0.05, 0) is 56.5 Å². The molecule has 2 rings (SSSR count). The van der Waals surface area contributed by atoms with Crippen LogP contribution >= 0.6 is 0 Å². The Kier molecular flexibility index (Phi) is 5.01. The second-order valence-electron chi connectivity index (χ2n) is 5.62. The summed E-state index contributed by atoms with van der Waals surface area (Å²) in [6, 6.07) is 5.87. The molecule has 0 bridgehead atoms. The van der Waals surface area contributed by atoms with Gasteiger partial charge in [0.1, 0.15) is 0 Å². The number of nitrogens with zero attached hydrogens (tertiary/aromatic N) is 1. The number of primary amides is 1. The minimum atomic E-state index is -0.338. The number of nitrogens with two attached hydrogens (primary N) is 1. The van der Waals surface area contributed by atoms with Crippen LogP contribution in [0.4, 0.5) is 5.69 Å². The summed E-state index contributed by atoms with van der Waals surface area (Å²) in [6.45, 7) is 8.32. The maximum absolute atomic E-state index is 11.6. The highest BCUT2D eigenvalue weighted by Gasteiger charge is 2.22. The van der Waals surface area contributed by atoms with Gasteiger partial charge >= 0.3 is 0 Å². The van der Waals surface area contributed by atoms with Gasteiger partial charge in [-0.1, -0.05) is 13.0 Å². The highest BCUT2D eigenvalue weighted by atomic mass is 16.1. The molecule has 20 heavy (non-hydrogen) atoms. The molecule has 4 heteroatoms. The summed E-state index contributed by atoms with van der Waals surface area (Å²) in [4.78, 5) is 13.9. The lowest BCUT2D eigenvalue weighted by Crippen LogP contribution is -2.38. The van der Waals surface area contributed by atoms with Crippen molar-refractivity contribution in [2.45, 2.75) is 26.7 Å². The van der Waals surface area contributed by atoms with E-state index in [-0.39, 0.29) is 5.91 Å². The van der Waals surface area contributed by atoms with Gasteiger partial charge in [0.25, 0.3) is 5.91 Å². The molecule has 0 unspecified atom stereocenters. The number of carbonyl (C=O) groups is 1. The molecular formula is C16H25N3O. The second kappa shape index (κ2) is 6.75. The van der Waals surface area contributed by atoms with Crippen molar-refractivity contribution < 1.29 is 4.79 Å². The quantitative estimate of drug-likeness (QED) is 0.863. The highest BCUT2D eigenvalue weighted by molar-refractivity contribution is 5.98. The van der Waals surface area contributed by atoms with E-state index in [2.05, 4.69) is 23.2 Å². The van der Waals surface area contributed by atoms with Gasteiger partial charge in [-0.2, -0.15) is 0 Å². The molecule has 0 atom stereocenters. The van der Waals surface area contributed by atoms with Crippen LogP contribution in [0.15, 0.2) is 18.2 Å². The third-order valence-corrected chi connectivity index (χ3v) is 4.06. The molecule has 1 heterocycles. The normalized spacial score (nSPS) is 16.4. The number of benzene rings is 1. The topological polar surface area (TPSA) is 58.4 Å². The van der Waals surface area contributed by atoms with E-state index in [1.807, 2.05) is 19.1 Å². The first-order valence-electron chi connectivity index (χ1n) is 7.48. The zero-order chi connectivity index (χ0) is 14.5. The van der Waals surface area contributed by atoms with Gasteiger partial charge in [-0.3, -0.25) is 4.79 Å². The van der Waals surface area contributed by atoms with Crippen LogP contribution < -0.4 is 16.0 Å². The van der Waals surface area contributed by atoms with Gasteiger partial charge in [0.2, 0.25) is 0 Å². The van der Waals surface area contributed by atoms with Crippen LogP contribution in [0.2, 0.25) is 0 Å². The zero-order valence-electron chi connectivity index (χ0n) is 12.5. The Hall–Kier alpha value is -1.55. The van der Waals surface area contributed by atoms with E-state index in [1.165, 1.54) is 18.4 Å². The molecule has 4 nitrogen and oxygen atoms in total. The van der Waals surface area contributed by atoms with Crippen LogP contribution in [-0.2, 0) is 0 Å². The van der Waals surface area contributed by atoms with E-state index >= 15 is 0 Å². The fraction of sp³-hybridized carbons (Fsp3) is 0.562. The first-order valence-corrected chi connectivity index (χ1v) is 7.48. The van der Waals surface area contributed by atoms with Gasteiger partial charge in [0, 0.05) is 18.8 Å². The average molecular weight is 275 g/mol. The van der Waals surface area contributed by atoms with Crippen LogP contribution in [0.5, 0.6) is 0 Å². The molecule has 1 saturated heterocycles. The predicted octanol–water partition coefficient (Wildman–Crippen LogP) is 1.92. The van der Waals surface area contributed by atoms with Crippen molar-refractivity contribution in [3.63, 3.8) is 0 Å². The van der Waals surface area contributed by atoms with E-state index in [0.29, 0.717) is 5.56 Å². The molecule has 0 radical (unpaired) electrons. The average Bonchev–Trinajstić information content (AvgIpc) is 2.45. The fourth-order valence-electron chi connectivity index (χ4n) is 2.84. The zero-order valence-corrected chi connectivity index (χ0v) is 12.5. The van der Waals surface area contributed by atoms with Crippen molar-refractivity contribution >= 4 is 11.6 Å². The number of nitrogens with one attached hydrogen (secondary N) is 1. The monoisotopic (exact) mass is 275 g/mol. The van der Waals surface area contributed by atoms with Crippen molar-refractivity contribution in [1.82, 2.24) is 5.32 Å². The van der Waals surface area contributed by atoms with Crippen LogP contribution in [0.25, 0.3) is 0 Å². The molecule has 0 spiro atoms. The molecule has 1 aliphatic rings. The van der Waals surface area contributed by atoms with E-state index in [9.17, 15) is 4.79 Å². The number of aryl methyl sites for hydroxylation is 1. The van der Waals surface area contributed by atoms with Crippen molar-refractivity contribution in [2.24, 2.45) is 11.7 Å². The number of hydrogen-bond donors (Lipinski definition) is 2. The molecule has 1 aliphatic heterocycles. The smallest absolute Gasteiger partial charge is 0.250 e. The Morgan fingerprint density at radius 1 is 1.40 bits per heavy atom. The Morgan fingerprint density at radius 3 is 2.70 bits per heavy atom. The Balaban J connectivity index is 2.06. The first kappa shape index (κ1) is 14.9. The molecule has 1 aromatic rings. The van der Waals surface area contributed by atoms with Gasteiger partial charge in [-0.25, -0.2) is 0 Å². The van der Waals surface area contributed by atoms with Crippen molar-refractivity contribution in [2.75, 3.05) is 31.1 Å². The summed E-state index contributed by atoms with van der Waals surface area (Å²) < 4.78 is 0. The molecule has 1 aromatic carbocycles. The van der Waals surface area contributed by atoms with Gasteiger partial charge < -0.3 is 16.0 Å². The molecular weight excluding hydrogens is 250 g/mol. The molecule has 3 N–H and O–H groups in total. The number of anilines is 1. The summed E-state index contributed by atoms with van der Waals surface area (Å²) in [6.07, 6.45) is 2.33. The summed E-state index contributed by atoms with van der Waals surface area (Å²) in [5, 5.41) is 3.42. The lowest BCUT2D eigenvalue weighted by Gasteiger charge is -2.34. The first-order chi connectivity index (χ1) is 9.61. The number of piperidine rings is 1. The largest absolute Gasteiger partial charge is 0.371 e. The lowest BCUT2D eigenvalue weighted by molar-refractivity contribution is 0.100. The summed E-state index contributed by atoms with van der Waals surface area (Å²) in [5.41, 5.74) is 8.29. The maximum Gasteiger partial charge on any atom is 0.250 e. The Bertz CT molecular complexity index is 465. The molecule has 0 aliphatic carbocycles. The number of carbonyl (C=O) groups excluding carboxylic acids is 1. The molecule has 0 aromatic heterocycles. The minimum Gasteiger partial charge on any atom is -0.371 e. The maximum atomic E-state index is 11.6. The van der Waals surface area contributed by atoms with Gasteiger partial charge in [0.05, 0.1) is 5.56 Å². The van der Waals surface area contributed by atoms with Crippen molar-refractivity contribution in [3.05, 3.63) is 29.3 Å². The van der Waals surface area contributed by atoms with E-state index in [1.54, 1.807) is 0 Å².